The number of aliphatic hydroxyl groups excluding tert-OH is 3. The van der Waals surface area contributed by atoms with Gasteiger partial charge in [-0.1, -0.05) is 0 Å². The van der Waals surface area contributed by atoms with Gasteiger partial charge in [0, 0.05) is 38.3 Å². The zero-order valence-corrected chi connectivity index (χ0v) is 8.75. The van der Waals surface area contributed by atoms with Gasteiger partial charge in [0.1, 0.15) is 0 Å². The number of rotatable bonds is 8. The van der Waals surface area contributed by atoms with Gasteiger partial charge in [0.15, 0.2) is 0 Å². The molecule has 13 heavy (non-hydrogen) atoms. The molecule has 0 fully saturated rings. The van der Waals surface area contributed by atoms with Crippen molar-refractivity contribution >= 4 is 7.14 Å². The van der Waals surface area contributed by atoms with E-state index in [1.54, 1.807) is 0 Å². The third-order valence-corrected chi connectivity index (χ3v) is 5.23. The Kier molecular flexibility index (Phi) is 7.57. The maximum atomic E-state index is 11.9. The van der Waals surface area contributed by atoms with Crippen LogP contribution < -0.4 is 0 Å². The molecule has 0 aromatic carbocycles. The number of hydrogen-bond donors (Lipinski definition) is 3. The second-order valence-corrected chi connectivity index (χ2v) is 6.56. The predicted molar refractivity (Wildman–Crippen MR) is 52.7 cm³/mol. The Morgan fingerprint density at radius 2 is 1.23 bits per heavy atom. The maximum Gasteiger partial charge on any atom is 0.0901 e. The topological polar surface area (TPSA) is 77.8 Å². The van der Waals surface area contributed by atoms with Gasteiger partial charge in [0.2, 0.25) is 0 Å². The smallest absolute Gasteiger partial charge is 0.0901 e. The van der Waals surface area contributed by atoms with E-state index in [4.69, 9.17) is 15.3 Å². The second-order valence-electron chi connectivity index (χ2n) is 3.11. The zero-order valence-electron chi connectivity index (χ0n) is 7.85. The first-order valence-corrected chi connectivity index (χ1v) is 6.84. The maximum absolute atomic E-state index is 11.9. The summed E-state index contributed by atoms with van der Waals surface area (Å²) in [7, 11) is -2.32. The van der Waals surface area contributed by atoms with E-state index in [9.17, 15) is 4.57 Å². The van der Waals surface area contributed by atoms with Gasteiger partial charge in [-0.3, -0.25) is 0 Å². The first-order valence-electron chi connectivity index (χ1n) is 4.58. The van der Waals surface area contributed by atoms with E-state index < -0.39 is 7.14 Å². The summed E-state index contributed by atoms with van der Waals surface area (Å²) in [5, 5.41) is 25.9. The Morgan fingerprint density at radius 3 is 1.54 bits per heavy atom. The van der Waals surface area contributed by atoms with E-state index in [-0.39, 0.29) is 19.8 Å². The third-order valence-electron chi connectivity index (χ3n) is 1.96. The molecule has 0 radical (unpaired) electrons. The van der Waals surface area contributed by atoms with Crippen LogP contribution in [0, 0.1) is 0 Å². The lowest BCUT2D eigenvalue weighted by Gasteiger charge is -2.15. The van der Waals surface area contributed by atoms with Crippen molar-refractivity contribution in [2.45, 2.75) is 12.8 Å². The Balaban J connectivity index is 3.92. The largest absolute Gasteiger partial charge is 0.396 e. The molecule has 0 spiro atoms. The monoisotopic (exact) mass is 210 g/mol. The van der Waals surface area contributed by atoms with Crippen molar-refractivity contribution in [3.05, 3.63) is 0 Å². The summed E-state index contributed by atoms with van der Waals surface area (Å²) in [6.07, 6.45) is 2.30. The summed E-state index contributed by atoms with van der Waals surface area (Å²) >= 11 is 0. The summed E-state index contributed by atoms with van der Waals surface area (Å²) in [4.78, 5) is 0. The highest BCUT2D eigenvalue weighted by Crippen LogP contribution is 2.45. The van der Waals surface area contributed by atoms with E-state index in [2.05, 4.69) is 0 Å². The lowest BCUT2D eigenvalue weighted by molar-refractivity contribution is 0.291. The van der Waals surface area contributed by atoms with Crippen LogP contribution in [0.2, 0.25) is 0 Å². The fourth-order valence-corrected chi connectivity index (χ4v) is 3.71. The molecular weight excluding hydrogens is 191 g/mol. The van der Waals surface area contributed by atoms with Gasteiger partial charge in [0.05, 0.1) is 7.14 Å². The van der Waals surface area contributed by atoms with Gasteiger partial charge in [-0.25, -0.2) is 0 Å². The Hall–Kier alpha value is 0.110. The van der Waals surface area contributed by atoms with Gasteiger partial charge in [-0.15, -0.1) is 0 Å². The van der Waals surface area contributed by atoms with Crippen molar-refractivity contribution in [3.63, 3.8) is 0 Å². The summed E-state index contributed by atoms with van der Waals surface area (Å²) in [6.45, 7) is -0.00276. The molecule has 0 saturated carbocycles. The van der Waals surface area contributed by atoms with Crippen LogP contribution in [0.5, 0.6) is 0 Å². The van der Waals surface area contributed by atoms with E-state index >= 15 is 0 Å². The van der Waals surface area contributed by atoms with Crippen LogP contribution in [-0.2, 0) is 4.57 Å². The van der Waals surface area contributed by atoms with Crippen LogP contribution in [0.4, 0.5) is 0 Å². The molecule has 5 heteroatoms. The molecule has 0 saturated heterocycles. The van der Waals surface area contributed by atoms with Crippen LogP contribution in [0.1, 0.15) is 12.8 Å². The van der Waals surface area contributed by atoms with Crippen molar-refractivity contribution in [1.82, 2.24) is 0 Å². The molecule has 0 heterocycles. The molecule has 0 aliphatic heterocycles. The molecule has 0 atom stereocenters. The van der Waals surface area contributed by atoms with Crippen LogP contribution >= 0.6 is 7.14 Å². The number of aliphatic hydroxyl groups is 3. The normalized spacial score (nSPS) is 11.9. The fourth-order valence-electron chi connectivity index (χ4n) is 1.24. The molecule has 0 unspecified atom stereocenters. The molecule has 0 rings (SSSR count). The van der Waals surface area contributed by atoms with Crippen molar-refractivity contribution in [1.29, 1.82) is 0 Å². The van der Waals surface area contributed by atoms with Crippen molar-refractivity contribution in [2.24, 2.45) is 0 Å². The molecule has 0 aliphatic carbocycles. The van der Waals surface area contributed by atoms with E-state index in [1.165, 1.54) is 0 Å². The lowest BCUT2D eigenvalue weighted by Crippen LogP contribution is -2.06. The highest BCUT2D eigenvalue weighted by Gasteiger charge is 2.19. The molecule has 3 N–H and O–H groups in total. The minimum Gasteiger partial charge on any atom is -0.396 e. The van der Waals surface area contributed by atoms with Gasteiger partial charge in [0.25, 0.3) is 0 Å². The van der Waals surface area contributed by atoms with E-state index in [0.29, 0.717) is 31.3 Å². The average Bonchev–Trinajstić information content (AvgIpc) is 2.12. The molecule has 0 aromatic rings. The molecule has 0 amide bonds. The quantitative estimate of drug-likeness (QED) is 0.497. The molecular formula is C8H19O4P. The number of hydrogen-bond acceptors (Lipinski definition) is 4. The predicted octanol–water partition coefficient (Wildman–Crippen LogP) is 0.107. The minimum atomic E-state index is -2.32. The zero-order chi connectivity index (χ0) is 10.2. The van der Waals surface area contributed by atoms with Crippen molar-refractivity contribution in [2.75, 3.05) is 38.3 Å². The molecule has 0 aromatic heterocycles. The van der Waals surface area contributed by atoms with Gasteiger partial charge in [-0.05, 0) is 12.8 Å². The van der Waals surface area contributed by atoms with Gasteiger partial charge in [-0.2, -0.15) is 0 Å². The van der Waals surface area contributed by atoms with E-state index in [1.807, 2.05) is 0 Å². The minimum absolute atomic E-state index is 0.0363. The third kappa shape index (κ3) is 6.22. The summed E-state index contributed by atoms with van der Waals surface area (Å²) in [6, 6.07) is 0. The summed E-state index contributed by atoms with van der Waals surface area (Å²) in [5.41, 5.74) is 0. The summed E-state index contributed by atoms with van der Waals surface area (Å²) in [5.74, 6) is 0. The second kappa shape index (κ2) is 7.51. The summed E-state index contributed by atoms with van der Waals surface area (Å²) < 4.78 is 11.9. The lowest BCUT2D eigenvalue weighted by atomic mass is 10.5. The standard InChI is InChI=1S/C8H19O4P/c9-3-1-6-13(12,8-5-11)7-2-4-10/h9-11H,1-8H2. The Morgan fingerprint density at radius 1 is 0.769 bits per heavy atom. The van der Waals surface area contributed by atoms with Crippen LogP contribution in [-0.4, -0.2) is 53.6 Å². The van der Waals surface area contributed by atoms with Gasteiger partial charge >= 0.3 is 0 Å². The average molecular weight is 210 g/mol. The molecule has 0 bridgehead atoms. The van der Waals surface area contributed by atoms with Crippen molar-refractivity contribution in [3.8, 4) is 0 Å². The highest BCUT2D eigenvalue weighted by atomic mass is 31.2. The highest BCUT2D eigenvalue weighted by molar-refractivity contribution is 7.63. The van der Waals surface area contributed by atoms with Crippen LogP contribution in [0.3, 0.4) is 0 Å². The van der Waals surface area contributed by atoms with Crippen LogP contribution in [0.15, 0.2) is 0 Å². The first-order chi connectivity index (χ1) is 6.18. The fraction of sp³-hybridized carbons (Fsp3) is 1.00. The first kappa shape index (κ1) is 13.1. The Labute approximate surface area is 79.0 Å². The van der Waals surface area contributed by atoms with E-state index in [0.717, 1.165) is 0 Å². The van der Waals surface area contributed by atoms with Gasteiger partial charge < -0.3 is 19.9 Å². The SMILES string of the molecule is O=P(CCO)(CCCO)CCCO. The molecule has 0 aliphatic rings. The Bertz CT molecular complexity index is 148. The molecule has 4 nitrogen and oxygen atoms in total. The van der Waals surface area contributed by atoms with Crippen molar-refractivity contribution < 1.29 is 19.9 Å². The molecule has 80 valence electrons. The van der Waals surface area contributed by atoms with Crippen LogP contribution in [0.25, 0.3) is 0 Å².